The quantitative estimate of drug-likeness (QED) is 0.607. The molecule has 2 aliphatic heterocycles. The number of hydrogen-bond donors (Lipinski definition) is 1. The molecule has 2 fully saturated rings. The fraction of sp³-hybridized carbons (Fsp3) is 1.00. The van der Waals surface area contributed by atoms with Gasteiger partial charge in [0.25, 0.3) is 0 Å². The zero-order valence-corrected chi connectivity index (χ0v) is 7.92. The molecule has 0 aromatic carbocycles. The summed E-state index contributed by atoms with van der Waals surface area (Å²) in [5, 5.41) is 0. The highest BCUT2D eigenvalue weighted by molar-refractivity contribution is 7.88. The van der Waals surface area contributed by atoms with Crippen molar-refractivity contribution in [2.24, 2.45) is 5.73 Å². The van der Waals surface area contributed by atoms with Crippen molar-refractivity contribution >= 4 is 10.0 Å². The summed E-state index contributed by atoms with van der Waals surface area (Å²) in [5.74, 6) is 0. The fourth-order valence-corrected chi connectivity index (χ4v) is 3.99. The molecular weight excluding hydrogens is 176 g/mol. The summed E-state index contributed by atoms with van der Waals surface area (Å²) in [6.45, 7) is 0. The van der Waals surface area contributed by atoms with Gasteiger partial charge in [-0.05, 0) is 19.3 Å². The average Bonchev–Trinajstić information content (AvgIpc) is 2.39. The molecule has 2 N–H and O–H groups in total. The molecule has 0 aromatic heterocycles. The van der Waals surface area contributed by atoms with Gasteiger partial charge >= 0.3 is 0 Å². The third-order valence-corrected chi connectivity index (χ3v) is 4.24. The second kappa shape index (κ2) is 2.43. The highest BCUT2D eigenvalue weighted by Gasteiger charge is 2.48. The first-order chi connectivity index (χ1) is 5.50. The smallest absolute Gasteiger partial charge is 0.211 e. The Bertz CT molecular complexity index is 288. The first kappa shape index (κ1) is 8.47. The second-order valence-corrected chi connectivity index (χ2v) is 5.68. The van der Waals surface area contributed by atoms with Crippen LogP contribution in [0.1, 0.15) is 19.3 Å². The van der Waals surface area contributed by atoms with Crippen LogP contribution in [0.5, 0.6) is 0 Å². The van der Waals surface area contributed by atoms with Gasteiger partial charge in [0.15, 0.2) is 0 Å². The predicted molar refractivity (Wildman–Crippen MR) is 46.1 cm³/mol. The second-order valence-electron chi connectivity index (χ2n) is 3.79. The molecule has 0 saturated carbocycles. The molecule has 2 rings (SSSR count). The topological polar surface area (TPSA) is 63.4 Å². The van der Waals surface area contributed by atoms with Gasteiger partial charge in [-0.25, -0.2) is 8.42 Å². The van der Waals surface area contributed by atoms with Gasteiger partial charge in [-0.3, -0.25) is 0 Å². The summed E-state index contributed by atoms with van der Waals surface area (Å²) >= 11 is 0. The molecule has 70 valence electrons. The lowest BCUT2D eigenvalue weighted by atomic mass is 9.97. The Morgan fingerprint density at radius 2 is 2.08 bits per heavy atom. The standard InChI is InChI=1S/C7H14N2O2S/c1-12(10,11)9-5-2-3-7(9)6(8)4-5/h5-7H,2-4,8H2,1H3. The predicted octanol–water partition coefficient (Wildman–Crippen LogP) is -0.490. The summed E-state index contributed by atoms with van der Waals surface area (Å²) < 4.78 is 24.2. The van der Waals surface area contributed by atoms with E-state index in [2.05, 4.69) is 0 Å². The van der Waals surface area contributed by atoms with Crippen molar-refractivity contribution in [3.63, 3.8) is 0 Å². The van der Waals surface area contributed by atoms with Crippen molar-refractivity contribution in [3.8, 4) is 0 Å². The molecule has 3 atom stereocenters. The van der Waals surface area contributed by atoms with E-state index in [1.54, 1.807) is 4.31 Å². The van der Waals surface area contributed by atoms with E-state index in [4.69, 9.17) is 5.73 Å². The molecule has 0 radical (unpaired) electrons. The maximum Gasteiger partial charge on any atom is 0.211 e. The molecule has 0 aromatic rings. The molecule has 4 nitrogen and oxygen atoms in total. The monoisotopic (exact) mass is 190 g/mol. The van der Waals surface area contributed by atoms with E-state index < -0.39 is 10.0 Å². The molecule has 2 saturated heterocycles. The Kier molecular flexibility index (Phi) is 1.72. The maximum atomic E-state index is 11.3. The average molecular weight is 190 g/mol. The van der Waals surface area contributed by atoms with Gasteiger partial charge in [-0.2, -0.15) is 4.31 Å². The third kappa shape index (κ3) is 1.08. The summed E-state index contributed by atoms with van der Waals surface area (Å²) in [6.07, 6.45) is 4.05. The minimum Gasteiger partial charge on any atom is -0.326 e. The van der Waals surface area contributed by atoms with Crippen molar-refractivity contribution in [1.82, 2.24) is 4.31 Å². The molecule has 12 heavy (non-hydrogen) atoms. The van der Waals surface area contributed by atoms with Gasteiger partial charge in [0.1, 0.15) is 0 Å². The Morgan fingerprint density at radius 1 is 1.42 bits per heavy atom. The lowest BCUT2D eigenvalue weighted by molar-refractivity contribution is 0.392. The summed E-state index contributed by atoms with van der Waals surface area (Å²) in [7, 11) is -3.02. The Labute approximate surface area is 72.8 Å². The van der Waals surface area contributed by atoms with Crippen molar-refractivity contribution in [3.05, 3.63) is 0 Å². The lowest BCUT2D eigenvalue weighted by Crippen LogP contribution is -2.39. The van der Waals surface area contributed by atoms with Crippen molar-refractivity contribution in [1.29, 1.82) is 0 Å². The minimum atomic E-state index is -3.02. The van der Waals surface area contributed by atoms with E-state index >= 15 is 0 Å². The summed E-state index contributed by atoms with van der Waals surface area (Å²) in [6, 6.07) is 0.350. The van der Waals surface area contributed by atoms with Gasteiger partial charge in [0, 0.05) is 18.1 Å². The van der Waals surface area contributed by atoms with Crippen LogP contribution in [0.25, 0.3) is 0 Å². The van der Waals surface area contributed by atoms with Crippen LogP contribution in [0.3, 0.4) is 0 Å². The largest absolute Gasteiger partial charge is 0.326 e. The van der Waals surface area contributed by atoms with E-state index in [9.17, 15) is 8.42 Å². The third-order valence-electron chi connectivity index (χ3n) is 2.90. The molecule has 0 spiro atoms. The van der Waals surface area contributed by atoms with E-state index in [0.717, 1.165) is 19.3 Å². The molecule has 0 aliphatic carbocycles. The Balaban J connectivity index is 2.31. The number of nitrogens with zero attached hydrogens (tertiary/aromatic N) is 1. The van der Waals surface area contributed by atoms with Crippen LogP contribution in [0.2, 0.25) is 0 Å². The number of rotatable bonds is 1. The molecular formula is C7H14N2O2S. The first-order valence-electron chi connectivity index (χ1n) is 4.24. The van der Waals surface area contributed by atoms with Crippen LogP contribution in [0.15, 0.2) is 0 Å². The van der Waals surface area contributed by atoms with Crippen LogP contribution in [0.4, 0.5) is 0 Å². The molecule has 3 unspecified atom stereocenters. The summed E-state index contributed by atoms with van der Waals surface area (Å²) in [5.41, 5.74) is 5.80. The molecule has 0 amide bonds. The Morgan fingerprint density at radius 3 is 2.33 bits per heavy atom. The van der Waals surface area contributed by atoms with Crippen molar-refractivity contribution < 1.29 is 8.42 Å². The van der Waals surface area contributed by atoms with Gasteiger partial charge in [-0.1, -0.05) is 0 Å². The molecule has 5 heteroatoms. The number of nitrogens with two attached hydrogens (primary N) is 1. The van der Waals surface area contributed by atoms with Crippen LogP contribution in [-0.4, -0.2) is 37.1 Å². The number of sulfonamides is 1. The first-order valence-corrected chi connectivity index (χ1v) is 6.09. The SMILES string of the molecule is CS(=O)(=O)N1C2CCC1C(N)C2. The summed E-state index contributed by atoms with van der Waals surface area (Å²) in [4.78, 5) is 0. The highest BCUT2D eigenvalue weighted by atomic mass is 32.2. The normalized spacial score (nSPS) is 42.3. The van der Waals surface area contributed by atoms with Gasteiger partial charge in [0.2, 0.25) is 10.0 Å². The molecule has 2 heterocycles. The fourth-order valence-electron chi connectivity index (χ4n) is 2.50. The van der Waals surface area contributed by atoms with Crippen LogP contribution in [0, 0.1) is 0 Å². The maximum absolute atomic E-state index is 11.3. The molecule has 2 bridgehead atoms. The molecule has 2 aliphatic rings. The van der Waals surface area contributed by atoms with Crippen molar-refractivity contribution in [2.45, 2.75) is 37.4 Å². The van der Waals surface area contributed by atoms with Crippen LogP contribution in [-0.2, 0) is 10.0 Å². The van der Waals surface area contributed by atoms with Crippen molar-refractivity contribution in [2.75, 3.05) is 6.26 Å². The lowest BCUT2D eigenvalue weighted by Gasteiger charge is -2.19. The Hall–Kier alpha value is -0.130. The minimum absolute atomic E-state index is 0.0680. The number of fused-ring (bicyclic) bond motifs is 2. The zero-order valence-electron chi connectivity index (χ0n) is 7.10. The zero-order chi connectivity index (χ0) is 8.93. The van der Waals surface area contributed by atoms with Crippen LogP contribution < -0.4 is 5.73 Å². The highest BCUT2D eigenvalue weighted by Crippen LogP contribution is 2.38. The van der Waals surface area contributed by atoms with Gasteiger partial charge in [0.05, 0.1) is 6.26 Å². The van der Waals surface area contributed by atoms with E-state index in [1.807, 2.05) is 0 Å². The number of hydrogen-bond acceptors (Lipinski definition) is 3. The van der Waals surface area contributed by atoms with Gasteiger partial charge in [-0.15, -0.1) is 0 Å². The van der Waals surface area contributed by atoms with Crippen LogP contribution >= 0.6 is 0 Å². The van der Waals surface area contributed by atoms with E-state index in [0.29, 0.717) is 0 Å². The van der Waals surface area contributed by atoms with E-state index in [-0.39, 0.29) is 18.1 Å². The van der Waals surface area contributed by atoms with E-state index in [1.165, 1.54) is 6.26 Å². The van der Waals surface area contributed by atoms with Gasteiger partial charge < -0.3 is 5.73 Å².